The van der Waals surface area contributed by atoms with Crippen molar-refractivity contribution in [1.29, 1.82) is 0 Å². The van der Waals surface area contributed by atoms with Gasteiger partial charge in [0.05, 0.1) is 0 Å². The zero-order valence-electron chi connectivity index (χ0n) is 17.6. The van der Waals surface area contributed by atoms with E-state index in [0.29, 0.717) is 17.4 Å². The molecule has 29 heavy (non-hydrogen) atoms. The summed E-state index contributed by atoms with van der Waals surface area (Å²) in [6.07, 6.45) is 5.17. The normalized spacial score (nSPS) is 26.9. The summed E-state index contributed by atoms with van der Waals surface area (Å²) >= 11 is 0. The van der Waals surface area contributed by atoms with E-state index in [2.05, 4.69) is 31.4 Å². The molecule has 6 nitrogen and oxygen atoms in total. The van der Waals surface area contributed by atoms with Gasteiger partial charge in [-0.1, -0.05) is 0 Å². The summed E-state index contributed by atoms with van der Waals surface area (Å²) in [6, 6.07) is 8.21. The molecule has 0 aliphatic carbocycles. The first-order valence-corrected chi connectivity index (χ1v) is 10.5. The van der Waals surface area contributed by atoms with Crippen LogP contribution in [0.15, 0.2) is 24.3 Å². The summed E-state index contributed by atoms with van der Waals surface area (Å²) < 4.78 is 5.69. The van der Waals surface area contributed by atoms with Crippen LogP contribution in [0, 0.1) is 0 Å². The lowest BCUT2D eigenvalue weighted by Gasteiger charge is -2.38. The average Bonchev–Trinajstić information content (AvgIpc) is 2.66. The Morgan fingerprint density at radius 2 is 1.76 bits per heavy atom. The highest BCUT2D eigenvalue weighted by Crippen LogP contribution is 2.23. The number of carbonyl (C=O) groups is 2. The predicted molar refractivity (Wildman–Crippen MR) is 117 cm³/mol. The average molecular weight is 424 g/mol. The molecule has 1 aromatic carbocycles. The number of hydrogen-bond donors (Lipinski definition) is 2. The Morgan fingerprint density at radius 1 is 1.10 bits per heavy atom. The fourth-order valence-corrected chi connectivity index (χ4v) is 4.37. The van der Waals surface area contributed by atoms with Crippen molar-refractivity contribution in [3.63, 3.8) is 0 Å². The molecule has 2 aliphatic heterocycles. The van der Waals surface area contributed by atoms with Crippen molar-refractivity contribution >= 4 is 24.2 Å². The Morgan fingerprint density at radius 3 is 2.38 bits per heavy atom. The first kappa shape index (κ1) is 23.5. The van der Waals surface area contributed by atoms with Crippen LogP contribution in [0.4, 0.5) is 0 Å². The van der Waals surface area contributed by atoms with Crippen molar-refractivity contribution in [1.82, 2.24) is 15.5 Å². The number of nitrogens with one attached hydrogen (secondary N) is 2. The number of piperidine rings is 2. The standard InChI is InChI=1S/C22H33N3O3.ClH/c1-15-13-19(11-12-23-15)24-22(27)18-7-9-20(10-8-18)28-14-21(26)25-16(2)5-4-6-17(25)3;/h7-10,15-17,19,23H,4-6,11-14H2,1-3H3,(H,24,27);1H. The Balaban J connectivity index is 0.00000300. The van der Waals surface area contributed by atoms with E-state index in [4.69, 9.17) is 4.74 Å². The predicted octanol–water partition coefficient (Wildman–Crippen LogP) is 3.15. The fourth-order valence-electron chi connectivity index (χ4n) is 4.37. The number of nitrogens with zero attached hydrogens (tertiary/aromatic N) is 1. The van der Waals surface area contributed by atoms with Crippen LogP contribution >= 0.6 is 12.4 Å². The third-order valence-electron chi connectivity index (χ3n) is 5.92. The minimum Gasteiger partial charge on any atom is -0.484 e. The van der Waals surface area contributed by atoms with Gasteiger partial charge in [0, 0.05) is 29.7 Å². The van der Waals surface area contributed by atoms with Gasteiger partial charge in [0.25, 0.3) is 11.8 Å². The maximum atomic E-state index is 12.5. The molecule has 0 bridgehead atoms. The van der Waals surface area contributed by atoms with Gasteiger partial charge in [-0.2, -0.15) is 0 Å². The monoisotopic (exact) mass is 423 g/mol. The largest absolute Gasteiger partial charge is 0.484 e. The van der Waals surface area contributed by atoms with E-state index < -0.39 is 0 Å². The van der Waals surface area contributed by atoms with E-state index in [1.807, 2.05) is 4.90 Å². The van der Waals surface area contributed by atoms with Gasteiger partial charge in [-0.3, -0.25) is 9.59 Å². The molecule has 2 aliphatic rings. The number of ether oxygens (including phenoxy) is 1. The van der Waals surface area contributed by atoms with Crippen molar-refractivity contribution in [2.45, 2.75) is 77.0 Å². The molecule has 2 heterocycles. The number of rotatable bonds is 5. The van der Waals surface area contributed by atoms with Crippen LogP contribution in [0.3, 0.4) is 0 Å². The second-order valence-corrected chi connectivity index (χ2v) is 8.29. The Hall–Kier alpha value is -1.79. The van der Waals surface area contributed by atoms with Gasteiger partial charge in [0.1, 0.15) is 5.75 Å². The molecule has 0 radical (unpaired) electrons. The van der Waals surface area contributed by atoms with Crippen molar-refractivity contribution < 1.29 is 14.3 Å². The lowest BCUT2D eigenvalue weighted by molar-refractivity contribution is -0.139. The second kappa shape index (κ2) is 10.8. The van der Waals surface area contributed by atoms with Crippen LogP contribution in [0.2, 0.25) is 0 Å². The second-order valence-electron chi connectivity index (χ2n) is 8.29. The Bertz CT molecular complexity index is 672. The Kier molecular flexibility index (Phi) is 8.78. The minimum atomic E-state index is -0.0577. The van der Waals surface area contributed by atoms with Crippen LogP contribution < -0.4 is 15.4 Å². The van der Waals surface area contributed by atoms with Crippen molar-refractivity contribution in [2.75, 3.05) is 13.2 Å². The molecule has 7 heteroatoms. The molecule has 0 saturated carbocycles. The fraction of sp³-hybridized carbons (Fsp3) is 0.636. The lowest BCUT2D eigenvalue weighted by Crippen LogP contribution is -2.49. The highest BCUT2D eigenvalue weighted by molar-refractivity contribution is 5.94. The van der Waals surface area contributed by atoms with Gasteiger partial charge < -0.3 is 20.3 Å². The van der Waals surface area contributed by atoms with E-state index in [0.717, 1.165) is 32.2 Å². The van der Waals surface area contributed by atoms with Crippen LogP contribution in [0.1, 0.15) is 63.2 Å². The number of likely N-dealkylation sites (tertiary alicyclic amines) is 1. The molecule has 2 saturated heterocycles. The molecule has 162 valence electrons. The SMILES string of the molecule is CC1CC(NC(=O)c2ccc(OCC(=O)N3C(C)CCCC3C)cc2)CCN1.Cl. The number of benzene rings is 1. The summed E-state index contributed by atoms with van der Waals surface area (Å²) in [4.78, 5) is 26.9. The van der Waals surface area contributed by atoms with Crippen LogP contribution in [-0.4, -0.2) is 54.0 Å². The summed E-state index contributed by atoms with van der Waals surface area (Å²) in [5.74, 6) is 0.581. The highest BCUT2D eigenvalue weighted by atomic mass is 35.5. The highest BCUT2D eigenvalue weighted by Gasteiger charge is 2.29. The van der Waals surface area contributed by atoms with E-state index in [9.17, 15) is 9.59 Å². The summed E-state index contributed by atoms with van der Waals surface area (Å²) in [5.41, 5.74) is 0.614. The number of carbonyl (C=O) groups excluding carboxylic acids is 2. The third-order valence-corrected chi connectivity index (χ3v) is 5.92. The topological polar surface area (TPSA) is 70.7 Å². The minimum absolute atomic E-state index is 0. The smallest absolute Gasteiger partial charge is 0.260 e. The number of halogens is 1. The van der Waals surface area contributed by atoms with Crippen molar-refractivity contribution in [2.24, 2.45) is 0 Å². The van der Waals surface area contributed by atoms with Gasteiger partial charge >= 0.3 is 0 Å². The summed E-state index contributed by atoms with van der Waals surface area (Å²) in [5, 5.41) is 6.49. The van der Waals surface area contributed by atoms with Crippen LogP contribution in [0.25, 0.3) is 0 Å². The molecular formula is C22H34ClN3O3. The molecule has 4 unspecified atom stereocenters. The molecule has 0 aromatic heterocycles. The number of hydrogen-bond acceptors (Lipinski definition) is 4. The summed E-state index contributed by atoms with van der Waals surface area (Å²) in [7, 11) is 0. The molecule has 2 amide bonds. The quantitative estimate of drug-likeness (QED) is 0.763. The lowest BCUT2D eigenvalue weighted by atomic mass is 9.97. The van der Waals surface area contributed by atoms with Gasteiger partial charge in [-0.15, -0.1) is 12.4 Å². The molecule has 4 atom stereocenters. The van der Waals surface area contributed by atoms with Gasteiger partial charge in [-0.05, 0) is 83.7 Å². The van der Waals surface area contributed by atoms with Crippen molar-refractivity contribution in [3.05, 3.63) is 29.8 Å². The van der Waals surface area contributed by atoms with Gasteiger partial charge in [0.2, 0.25) is 0 Å². The molecule has 0 spiro atoms. The zero-order chi connectivity index (χ0) is 20.1. The van der Waals surface area contributed by atoms with Crippen molar-refractivity contribution in [3.8, 4) is 5.75 Å². The zero-order valence-corrected chi connectivity index (χ0v) is 18.5. The van der Waals surface area contributed by atoms with Gasteiger partial charge in [-0.25, -0.2) is 0 Å². The molecular weight excluding hydrogens is 390 g/mol. The Labute approximate surface area is 180 Å². The molecule has 2 fully saturated rings. The first-order valence-electron chi connectivity index (χ1n) is 10.5. The maximum absolute atomic E-state index is 12.5. The summed E-state index contributed by atoms with van der Waals surface area (Å²) in [6.45, 7) is 7.31. The third kappa shape index (κ3) is 6.34. The van der Waals surface area contributed by atoms with E-state index in [1.165, 1.54) is 6.42 Å². The van der Waals surface area contributed by atoms with E-state index >= 15 is 0 Å². The first-order chi connectivity index (χ1) is 13.4. The van der Waals surface area contributed by atoms with Gasteiger partial charge in [0.15, 0.2) is 6.61 Å². The number of amides is 2. The molecule has 2 N–H and O–H groups in total. The van der Waals surface area contributed by atoms with E-state index in [-0.39, 0.29) is 49.0 Å². The molecule has 3 rings (SSSR count). The maximum Gasteiger partial charge on any atom is 0.260 e. The van der Waals surface area contributed by atoms with Crippen LogP contribution in [0.5, 0.6) is 5.75 Å². The van der Waals surface area contributed by atoms with E-state index in [1.54, 1.807) is 24.3 Å². The molecule has 1 aromatic rings. The van der Waals surface area contributed by atoms with Crippen LogP contribution in [-0.2, 0) is 4.79 Å².